The molecule has 2 heterocycles. The number of furan rings is 1. The molecule has 4 rings (SSSR count). The Labute approximate surface area is 224 Å². The number of carboxylic acid groups (broad SMARTS) is 2. The lowest BCUT2D eigenvalue weighted by Gasteiger charge is -2.33. The van der Waals surface area contributed by atoms with E-state index in [0.29, 0.717) is 34.9 Å². The summed E-state index contributed by atoms with van der Waals surface area (Å²) >= 11 is 0. The molecule has 0 aliphatic carbocycles. The highest BCUT2D eigenvalue weighted by Crippen LogP contribution is 2.40. The van der Waals surface area contributed by atoms with Crippen molar-refractivity contribution >= 4 is 28.9 Å². The molecule has 1 atom stereocenters. The minimum absolute atomic E-state index is 0.182. The molecule has 11 nitrogen and oxygen atoms in total. The predicted molar refractivity (Wildman–Crippen MR) is 141 cm³/mol. The van der Waals surface area contributed by atoms with E-state index in [0.717, 1.165) is 30.5 Å². The third-order valence-corrected chi connectivity index (χ3v) is 6.39. The minimum Gasteiger partial charge on any atom is -0.508 e. The van der Waals surface area contributed by atoms with Crippen molar-refractivity contribution in [2.45, 2.75) is 45.7 Å². The molecule has 1 aliphatic rings. The van der Waals surface area contributed by atoms with Gasteiger partial charge >= 0.3 is 17.9 Å². The number of phenols is 1. The molecule has 0 radical (unpaired) electrons. The molecule has 0 saturated carbocycles. The van der Waals surface area contributed by atoms with E-state index < -0.39 is 29.4 Å². The first-order valence-electron chi connectivity index (χ1n) is 12.4. The summed E-state index contributed by atoms with van der Waals surface area (Å²) in [6.07, 6.45) is 3.51. The molecule has 5 N–H and O–H groups in total. The molecular weight excluding hydrogens is 510 g/mol. The van der Waals surface area contributed by atoms with Gasteiger partial charge in [0.05, 0.1) is 6.61 Å². The molecule has 0 spiro atoms. The Bertz CT molecular complexity index is 1350. The number of phenolic OH excluding ortho intramolecular Hbond substituents is 1. The van der Waals surface area contributed by atoms with Crippen LogP contribution in [0.3, 0.4) is 0 Å². The first-order valence-corrected chi connectivity index (χ1v) is 12.4. The van der Waals surface area contributed by atoms with Crippen molar-refractivity contribution in [2.75, 3.05) is 13.2 Å². The van der Waals surface area contributed by atoms with Gasteiger partial charge in [-0.1, -0.05) is 36.8 Å². The van der Waals surface area contributed by atoms with Crippen LogP contribution in [-0.2, 0) is 20.9 Å². The molecule has 208 valence electrons. The number of fused-ring (bicyclic) bond motifs is 1. The maximum atomic E-state index is 13.0. The molecule has 1 aliphatic heterocycles. The summed E-state index contributed by atoms with van der Waals surface area (Å²) in [6.45, 7) is 5.83. The van der Waals surface area contributed by atoms with Gasteiger partial charge in [0.15, 0.2) is 0 Å². The molecule has 39 heavy (non-hydrogen) atoms. The number of benzene rings is 2. The highest BCUT2D eigenvalue weighted by molar-refractivity contribution is 6.10. The van der Waals surface area contributed by atoms with Crippen LogP contribution in [-0.4, -0.2) is 67.5 Å². The van der Waals surface area contributed by atoms with E-state index in [-0.39, 0.29) is 12.4 Å². The van der Waals surface area contributed by atoms with Crippen molar-refractivity contribution in [1.82, 2.24) is 4.90 Å². The molecule has 11 heteroatoms. The summed E-state index contributed by atoms with van der Waals surface area (Å²) in [4.78, 5) is 34.7. The van der Waals surface area contributed by atoms with E-state index in [9.17, 15) is 19.5 Å². The van der Waals surface area contributed by atoms with E-state index in [2.05, 4.69) is 11.8 Å². The number of piperidine rings is 1. The number of carbonyl (C=O) groups excluding carboxylic acids is 1. The minimum atomic E-state index is -1.89. The van der Waals surface area contributed by atoms with Crippen molar-refractivity contribution < 1.29 is 49.1 Å². The number of hydrogen-bond donors (Lipinski definition) is 5. The highest BCUT2D eigenvalue weighted by atomic mass is 16.5. The third-order valence-electron chi connectivity index (χ3n) is 6.39. The smallest absolute Gasteiger partial charge is 0.375 e. The van der Waals surface area contributed by atoms with E-state index in [1.807, 2.05) is 30.3 Å². The molecule has 1 aromatic heterocycles. The van der Waals surface area contributed by atoms with Gasteiger partial charge in [0.2, 0.25) is 0 Å². The zero-order chi connectivity index (χ0) is 28.7. The molecule has 1 saturated heterocycles. The molecule has 2 aromatic carbocycles. The second-order valence-corrected chi connectivity index (χ2v) is 8.95. The number of nitrogens with zero attached hydrogens (tertiary/aromatic N) is 1. The fourth-order valence-electron chi connectivity index (χ4n) is 4.40. The third kappa shape index (κ3) is 6.68. The number of aromatic hydroxyl groups is 1. The number of aliphatic hydroxyl groups is 2. The maximum absolute atomic E-state index is 13.0. The number of esters is 1. The van der Waals surface area contributed by atoms with Crippen molar-refractivity contribution in [1.29, 1.82) is 0 Å². The lowest BCUT2D eigenvalue weighted by molar-refractivity contribution is -0.140. The lowest BCUT2D eigenvalue weighted by Crippen LogP contribution is -2.36. The fraction of sp³-hybridized carbons (Fsp3) is 0.321. The molecule has 0 bridgehead atoms. The van der Waals surface area contributed by atoms with Crippen LogP contribution in [0.15, 0.2) is 58.4 Å². The molecule has 1 fully saturated rings. The Hall–Kier alpha value is -4.51. The van der Waals surface area contributed by atoms with Crippen molar-refractivity contribution in [3.63, 3.8) is 0 Å². The summed E-state index contributed by atoms with van der Waals surface area (Å²) in [5, 5.41) is 43.5. The zero-order valence-electron chi connectivity index (χ0n) is 21.6. The number of rotatable bonds is 7. The number of aliphatic hydroxyl groups excluding tert-OH is 2. The van der Waals surface area contributed by atoms with Crippen LogP contribution in [0.25, 0.3) is 22.3 Å². The van der Waals surface area contributed by atoms with Gasteiger partial charge in [0, 0.05) is 29.1 Å². The van der Waals surface area contributed by atoms with Gasteiger partial charge in [-0.25, -0.2) is 14.4 Å². The standard InChI is InChI=1S/C24H27NO4.C4H4O6/c1-3-28-24(27)22-21-18(15-25-14-8-7-9-16(25)2)19(26)12-13-20(21)29-23(22)17-10-5-4-6-11-17;5-1(3(7)8)2(6)4(9)10/h4-6,10-13,16,26H,3,7-9,14-15H2,1-2H3;5-6H,(H,7,8)(H,9,10)/b;2-1+. The monoisotopic (exact) mass is 541 g/mol. The number of likely N-dealkylation sites (tertiary alicyclic amines) is 1. The first kappa shape index (κ1) is 29.1. The lowest BCUT2D eigenvalue weighted by atomic mass is 9.98. The topological polar surface area (TPSA) is 178 Å². The fourth-order valence-corrected chi connectivity index (χ4v) is 4.40. The Morgan fingerprint density at radius 2 is 1.62 bits per heavy atom. The van der Waals surface area contributed by atoms with Crippen LogP contribution in [0, 0.1) is 0 Å². The Balaban J connectivity index is 0.000000360. The van der Waals surface area contributed by atoms with E-state index in [1.54, 1.807) is 19.1 Å². The van der Waals surface area contributed by atoms with Crippen LogP contribution < -0.4 is 0 Å². The summed E-state index contributed by atoms with van der Waals surface area (Å²) in [6, 6.07) is 13.4. The molecule has 0 amide bonds. The summed E-state index contributed by atoms with van der Waals surface area (Å²) in [5.74, 6) is -6.69. The van der Waals surface area contributed by atoms with E-state index in [1.165, 1.54) is 6.42 Å². The van der Waals surface area contributed by atoms with Crippen molar-refractivity contribution in [2.24, 2.45) is 0 Å². The Morgan fingerprint density at radius 1 is 0.974 bits per heavy atom. The van der Waals surface area contributed by atoms with Gasteiger partial charge < -0.3 is 34.7 Å². The summed E-state index contributed by atoms with van der Waals surface area (Å²) < 4.78 is 11.5. The van der Waals surface area contributed by atoms with Crippen LogP contribution in [0.1, 0.15) is 49.0 Å². The second kappa shape index (κ2) is 12.8. The van der Waals surface area contributed by atoms with Crippen LogP contribution in [0.5, 0.6) is 5.75 Å². The van der Waals surface area contributed by atoms with Crippen LogP contribution in [0.2, 0.25) is 0 Å². The van der Waals surface area contributed by atoms with Crippen LogP contribution in [0.4, 0.5) is 0 Å². The molecule has 3 aromatic rings. The normalized spacial score (nSPS) is 16.1. The summed E-state index contributed by atoms with van der Waals surface area (Å²) in [5.41, 5.74) is 2.52. The average Bonchev–Trinajstić information content (AvgIpc) is 3.31. The second-order valence-electron chi connectivity index (χ2n) is 8.95. The number of ether oxygens (including phenoxy) is 1. The van der Waals surface area contributed by atoms with Crippen molar-refractivity contribution in [3.05, 3.63) is 65.1 Å². The Kier molecular flexibility index (Phi) is 9.56. The average molecular weight is 542 g/mol. The van der Waals surface area contributed by atoms with Gasteiger partial charge in [-0.05, 0) is 45.4 Å². The predicted octanol–water partition coefficient (Wildman–Crippen LogP) is 4.84. The number of carbonyl (C=O) groups is 3. The van der Waals surface area contributed by atoms with Crippen LogP contribution >= 0.6 is 0 Å². The molecular formula is C28H31NO10. The van der Waals surface area contributed by atoms with E-state index in [4.69, 9.17) is 29.6 Å². The largest absolute Gasteiger partial charge is 0.508 e. The number of aliphatic carboxylic acids is 2. The number of carboxylic acids is 2. The van der Waals surface area contributed by atoms with Gasteiger partial charge in [-0.2, -0.15) is 0 Å². The van der Waals surface area contributed by atoms with Gasteiger partial charge in [0.1, 0.15) is 22.7 Å². The quantitative estimate of drug-likeness (QED) is 0.157. The summed E-state index contributed by atoms with van der Waals surface area (Å²) in [7, 11) is 0. The number of hydrogen-bond acceptors (Lipinski definition) is 9. The van der Waals surface area contributed by atoms with E-state index >= 15 is 0 Å². The van der Waals surface area contributed by atoms with Gasteiger partial charge in [-0.3, -0.25) is 4.90 Å². The zero-order valence-corrected chi connectivity index (χ0v) is 21.6. The SMILES string of the molecule is CCOC(=O)c1c(-c2ccccc2)oc2ccc(O)c(CN3CCCCC3C)c12.O=C(O)/C(O)=C(\O)C(=O)O. The molecule has 1 unspecified atom stereocenters. The highest BCUT2D eigenvalue weighted by Gasteiger charge is 2.28. The Morgan fingerprint density at radius 3 is 2.18 bits per heavy atom. The van der Waals surface area contributed by atoms with Gasteiger partial charge in [0.25, 0.3) is 11.5 Å². The van der Waals surface area contributed by atoms with Crippen molar-refractivity contribution in [3.8, 4) is 17.1 Å². The van der Waals surface area contributed by atoms with Gasteiger partial charge in [-0.15, -0.1) is 0 Å². The maximum Gasteiger partial charge on any atom is 0.375 e. The first-order chi connectivity index (χ1) is 18.6.